The van der Waals surface area contributed by atoms with E-state index in [4.69, 9.17) is 14.2 Å². The predicted octanol–water partition coefficient (Wildman–Crippen LogP) is 16.4. The van der Waals surface area contributed by atoms with Crippen LogP contribution in [0.15, 0.2) is 0 Å². The second-order valence-electron chi connectivity index (χ2n) is 19.2. The fourth-order valence-corrected chi connectivity index (χ4v) is 7.76. The van der Waals surface area contributed by atoms with Crippen LogP contribution in [0.4, 0.5) is 0 Å². The molecule has 0 N–H and O–H groups in total. The van der Waals surface area contributed by atoms with Crippen LogP contribution in [-0.2, 0) is 28.6 Å². The Balaban J connectivity index is 4.33. The molecule has 0 saturated heterocycles. The van der Waals surface area contributed by atoms with Crippen molar-refractivity contribution >= 4 is 17.9 Å². The Labute approximate surface area is 361 Å². The van der Waals surface area contributed by atoms with Crippen LogP contribution in [0.5, 0.6) is 0 Å². The molecule has 0 aromatic rings. The third-order valence-electron chi connectivity index (χ3n) is 11.6. The van der Waals surface area contributed by atoms with E-state index in [2.05, 4.69) is 41.5 Å². The minimum absolute atomic E-state index is 0.0650. The van der Waals surface area contributed by atoms with Gasteiger partial charge in [-0.05, 0) is 37.0 Å². The van der Waals surface area contributed by atoms with E-state index in [0.29, 0.717) is 19.3 Å². The van der Waals surface area contributed by atoms with E-state index in [-0.39, 0.29) is 31.1 Å². The zero-order valence-electron chi connectivity index (χ0n) is 39.8. The summed E-state index contributed by atoms with van der Waals surface area (Å²) in [7, 11) is 0. The van der Waals surface area contributed by atoms with Gasteiger partial charge in [0.25, 0.3) is 0 Å². The Morgan fingerprint density at radius 3 is 0.741 bits per heavy atom. The Hall–Kier alpha value is -1.59. The van der Waals surface area contributed by atoms with Gasteiger partial charge in [-0.15, -0.1) is 0 Å². The Kier molecular flexibility index (Phi) is 42.3. The number of esters is 3. The summed E-state index contributed by atoms with van der Waals surface area (Å²) in [4.78, 5) is 37.9. The van der Waals surface area contributed by atoms with Crippen molar-refractivity contribution in [2.24, 2.45) is 17.8 Å². The van der Waals surface area contributed by atoms with Crippen LogP contribution < -0.4 is 0 Å². The topological polar surface area (TPSA) is 78.9 Å². The Bertz CT molecular complexity index is 898. The first-order valence-electron chi connectivity index (χ1n) is 25.6. The van der Waals surface area contributed by atoms with Crippen molar-refractivity contribution in [3.05, 3.63) is 0 Å². The normalized spacial score (nSPS) is 12.2. The lowest BCUT2D eigenvalue weighted by Gasteiger charge is -2.18. The van der Waals surface area contributed by atoms with Gasteiger partial charge in [0.05, 0.1) is 0 Å². The van der Waals surface area contributed by atoms with E-state index in [1.165, 1.54) is 161 Å². The molecule has 0 aliphatic heterocycles. The van der Waals surface area contributed by atoms with Gasteiger partial charge in [0.1, 0.15) is 13.2 Å². The number of ether oxygens (including phenoxy) is 3. The van der Waals surface area contributed by atoms with Crippen LogP contribution in [0, 0.1) is 17.8 Å². The van der Waals surface area contributed by atoms with Crippen molar-refractivity contribution in [2.75, 3.05) is 13.2 Å². The lowest BCUT2D eigenvalue weighted by molar-refractivity contribution is -0.167. The fraction of sp³-hybridized carbons (Fsp3) is 0.942. The van der Waals surface area contributed by atoms with Crippen molar-refractivity contribution in [1.82, 2.24) is 0 Å². The Morgan fingerprint density at radius 1 is 0.293 bits per heavy atom. The van der Waals surface area contributed by atoms with E-state index < -0.39 is 6.10 Å². The summed E-state index contributed by atoms with van der Waals surface area (Å²) in [6.45, 7) is 13.7. The molecule has 0 aliphatic rings. The van der Waals surface area contributed by atoms with Gasteiger partial charge < -0.3 is 14.2 Å². The van der Waals surface area contributed by atoms with Crippen molar-refractivity contribution < 1.29 is 28.6 Å². The first-order valence-corrected chi connectivity index (χ1v) is 25.6. The van der Waals surface area contributed by atoms with E-state index >= 15 is 0 Å². The molecule has 0 saturated carbocycles. The molecule has 344 valence electrons. The average molecular weight is 821 g/mol. The van der Waals surface area contributed by atoms with Gasteiger partial charge in [0.2, 0.25) is 0 Å². The molecule has 0 amide bonds. The van der Waals surface area contributed by atoms with Crippen molar-refractivity contribution in [2.45, 2.75) is 285 Å². The molecule has 0 spiro atoms. The van der Waals surface area contributed by atoms with Gasteiger partial charge in [-0.2, -0.15) is 0 Å². The van der Waals surface area contributed by atoms with E-state index in [1.807, 2.05) is 0 Å². The number of hydrogen-bond acceptors (Lipinski definition) is 6. The number of rotatable bonds is 45. The third kappa shape index (κ3) is 45.5. The molecule has 6 heteroatoms. The van der Waals surface area contributed by atoms with Crippen LogP contribution in [0.1, 0.15) is 279 Å². The van der Waals surface area contributed by atoms with Gasteiger partial charge in [0.15, 0.2) is 6.10 Å². The molecule has 6 nitrogen and oxygen atoms in total. The van der Waals surface area contributed by atoms with Gasteiger partial charge in [-0.3, -0.25) is 14.4 Å². The molecule has 0 rings (SSSR count). The summed E-state index contributed by atoms with van der Waals surface area (Å²) in [6, 6.07) is 0. The first-order chi connectivity index (χ1) is 28.1. The molecule has 0 fully saturated rings. The number of hydrogen-bond donors (Lipinski definition) is 0. The maximum Gasteiger partial charge on any atom is 0.306 e. The molecular formula is C52H100O6. The second-order valence-corrected chi connectivity index (χ2v) is 19.2. The van der Waals surface area contributed by atoms with Gasteiger partial charge in [-0.1, -0.05) is 241 Å². The number of carbonyl (C=O) groups excluding carboxylic acids is 3. The molecule has 0 bridgehead atoms. The predicted molar refractivity (Wildman–Crippen MR) is 247 cm³/mol. The van der Waals surface area contributed by atoms with E-state index in [9.17, 15) is 14.4 Å². The van der Waals surface area contributed by atoms with Gasteiger partial charge >= 0.3 is 17.9 Å². The van der Waals surface area contributed by atoms with Crippen LogP contribution >= 0.6 is 0 Å². The summed E-state index contributed by atoms with van der Waals surface area (Å²) in [6.07, 6.45) is 42.3. The summed E-state index contributed by atoms with van der Waals surface area (Å²) in [5.74, 6) is 1.60. The molecule has 0 aromatic heterocycles. The summed E-state index contributed by atoms with van der Waals surface area (Å²) in [5.41, 5.74) is 0. The van der Waals surface area contributed by atoms with E-state index in [0.717, 1.165) is 75.5 Å². The molecule has 0 aromatic carbocycles. The quantitative estimate of drug-likeness (QED) is 0.0346. The van der Waals surface area contributed by atoms with Crippen LogP contribution in [0.3, 0.4) is 0 Å². The molecule has 0 aliphatic carbocycles. The highest BCUT2D eigenvalue weighted by molar-refractivity contribution is 5.71. The highest BCUT2D eigenvalue weighted by atomic mass is 16.6. The zero-order chi connectivity index (χ0) is 42.7. The smallest absolute Gasteiger partial charge is 0.306 e. The molecule has 0 heterocycles. The third-order valence-corrected chi connectivity index (χ3v) is 11.6. The molecule has 58 heavy (non-hydrogen) atoms. The van der Waals surface area contributed by atoms with Crippen molar-refractivity contribution in [3.63, 3.8) is 0 Å². The van der Waals surface area contributed by atoms with Crippen molar-refractivity contribution in [1.29, 1.82) is 0 Å². The van der Waals surface area contributed by atoms with Gasteiger partial charge in [-0.25, -0.2) is 0 Å². The minimum Gasteiger partial charge on any atom is -0.462 e. The van der Waals surface area contributed by atoms with Crippen LogP contribution in [0.2, 0.25) is 0 Å². The first kappa shape index (κ1) is 56.4. The lowest BCUT2D eigenvalue weighted by atomic mass is 10.0. The lowest BCUT2D eigenvalue weighted by Crippen LogP contribution is -2.30. The molecular weight excluding hydrogens is 721 g/mol. The number of carbonyl (C=O) groups is 3. The van der Waals surface area contributed by atoms with Crippen LogP contribution in [-0.4, -0.2) is 37.2 Å². The van der Waals surface area contributed by atoms with E-state index in [1.54, 1.807) is 0 Å². The van der Waals surface area contributed by atoms with Crippen molar-refractivity contribution in [3.8, 4) is 0 Å². The van der Waals surface area contributed by atoms with Crippen LogP contribution in [0.25, 0.3) is 0 Å². The highest BCUT2D eigenvalue weighted by Crippen LogP contribution is 2.17. The van der Waals surface area contributed by atoms with Gasteiger partial charge in [0, 0.05) is 19.3 Å². The molecule has 0 radical (unpaired) electrons. The second kappa shape index (κ2) is 43.5. The molecule has 1 atom stereocenters. The largest absolute Gasteiger partial charge is 0.462 e. The number of unbranched alkanes of at least 4 members (excludes halogenated alkanes) is 28. The molecule has 0 unspecified atom stereocenters. The summed E-state index contributed by atoms with van der Waals surface area (Å²) in [5, 5.41) is 0. The summed E-state index contributed by atoms with van der Waals surface area (Å²) < 4.78 is 16.8. The highest BCUT2D eigenvalue weighted by Gasteiger charge is 2.19. The SMILES string of the molecule is CC(C)CCCCCCCCCCCCCCC(=O)O[C@H](COC(=O)CCCCCCCCCCCCC(C)C)COC(=O)CCCCCCCCCCCC(C)C. The monoisotopic (exact) mass is 821 g/mol. The summed E-state index contributed by atoms with van der Waals surface area (Å²) >= 11 is 0. The zero-order valence-corrected chi connectivity index (χ0v) is 39.8. The maximum absolute atomic E-state index is 12.8. The maximum atomic E-state index is 12.8. The minimum atomic E-state index is -0.762. The average Bonchev–Trinajstić information content (AvgIpc) is 3.18. The fourth-order valence-electron chi connectivity index (χ4n) is 7.76. The Morgan fingerprint density at radius 2 is 0.500 bits per heavy atom. The standard InChI is InChI=1S/C52H100O6/c1-46(2)38-32-26-20-14-9-7-8-10-18-25-31-37-43-52(55)58-49(45-57-51(54)42-36-30-24-19-13-16-22-28-34-40-48(5)6)44-56-50(53)41-35-29-23-17-12-11-15-21-27-33-39-47(3)4/h46-49H,7-45H2,1-6H3/t49-/m1/s1.